The number of aliphatic imine (C=N–C) groups is 1. The number of carbonyl (C=O) groups excluding carboxylic acids is 1. The van der Waals surface area contributed by atoms with Crippen molar-refractivity contribution < 1.29 is 13.2 Å². The molecule has 10 heteroatoms. The minimum absolute atomic E-state index is 0.154. The summed E-state index contributed by atoms with van der Waals surface area (Å²) in [5.74, 6) is -0.412. The van der Waals surface area contributed by atoms with E-state index in [1.807, 2.05) is 30.3 Å². The molecule has 0 atom stereocenters. The number of aromatic nitrogens is 2. The molecule has 8 nitrogen and oxygen atoms in total. The van der Waals surface area contributed by atoms with Crippen molar-refractivity contribution in [1.82, 2.24) is 14.1 Å². The van der Waals surface area contributed by atoms with Crippen LogP contribution in [-0.2, 0) is 14.8 Å². The lowest BCUT2D eigenvalue weighted by Gasteiger charge is -2.12. The van der Waals surface area contributed by atoms with Gasteiger partial charge in [-0.15, -0.1) is 0 Å². The van der Waals surface area contributed by atoms with Gasteiger partial charge in [0.15, 0.2) is 5.17 Å². The summed E-state index contributed by atoms with van der Waals surface area (Å²) in [5.41, 5.74) is 8.28. The van der Waals surface area contributed by atoms with E-state index >= 15 is 0 Å². The largest absolute Gasteiger partial charge is 0.378 e. The highest BCUT2D eigenvalue weighted by Crippen LogP contribution is 2.32. The van der Waals surface area contributed by atoms with Gasteiger partial charge in [-0.1, -0.05) is 30.3 Å². The number of nitrogens with two attached hydrogens (primary N) is 1. The Morgan fingerprint density at radius 2 is 1.84 bits per heavy atom. The van der Waals surface area contributed by atoms with Gasteiger partial charge < -0.3 is 5.73 Å². The molecule has 0 spiro atoms. The van der Waals surface area contributed by atoms with Gasteiger partial charge in [0.05, 0.1) is 15.5 Å². The third-order valence-electron chi connectivity index (χ3n) is 4.57. The van der Waals surface area contributed by atoms with Gasteiger partial charge in [-0.25, -0.2) is 17.4 Å². The highest BCUT2D eigenvalue weighted by molar-refractivity contribution is 8.18. The van der Waals surface area contributed by atoms with Crippen molar-refractivity contribution in [3.8, 4) is 16.9 Å². The lowest BCUT2D eigenvalue weighted by Crippen LogP contribution is -2.22. The van der Waals surface area contributed by atoms with Gasteiger partial charge in [0.2, 0.25) is 10.0 Å². The fourth-order valence-corrected chi connectivity index (χ4v) is 4.63. The Kier molecular flexibility index (Phi) is 5.52. The fraction of sp³-hybridized carbons (Fsp3) is 0.0952. The molecule has 4 rings (SSSR count). The molecule has 1 aliphatic heterocycles. The normalized spacial score (nSPS) is 15.6. The van der Waals surface area contributed by atoms with Gasteiger partial charge >= 0.3 is 0 Å². The Balaban J connectivity index is 1.87. The van der Waals surface area contributed by atoms with Crippen LogP contribution in [0.2, 0.25) is 0 Å². The van der Waals surface area contributed by atoms with Crippen LogP contribution in [0.4, 0.5) is 0 Å². The van der Waals surface area contributed by atoms with Crippen molar-refractivity contribution in [2.45, 2.75) is 4.90 Å². The van der Waals surface area contributed by atoms with E-state index in [9.17, 15) is 13.2 Å². The molecule has 3 aromatic rings. The van der Waals surface area contributed by atoms with Crippen LogP contribution in [0.15, 0.2) is 75.6 Å². The summed E-state index contributed by atoms with van der Waals surface area (Å²) < 4.78 is 28.0. The lowest BCUT2D eigenvalue weighted by atomic mass is 10.1. The number of amidine groups is 1. The second kappa shape index (κ2) is 8.14. The van der Waals surface area contributed by atoms with Crippen molar-refractivity contribution in [2.24, 2.45) is 10.7 Å². The van der Waals surface area contributed by atoms with Crippen molar-refractivity contribution in [1.29, 1.82) is 0 Å². The summed E-state index contributed by atoms with van der Waals surface area (Å²) in [6, 6.07) is 16.0. The quantitative estimate of drug-likeness (QED) is 0.595. The van der Waals surface area contributed by atoms with Crippen LogP contribution in [0.1, 0.15) is 5.56 Å². The predicted molar refractivity (Wildman–Crippen MR) is 122 cm³/mol. The van der Waals surface area contributed by atoms with Crippen LogP contribution < -0.4 is 5.73 Å². The number of carbonyl (C=O) groups is 1. The maximum atomic E-state index is 12.6. The molecule has 0 unspecified atom stereocenters. The molecule has 0 radical (unpaired) electrons. The van der Waals surface area contributed by atoms with E-state index in [4.69, 9.17) is 5.73 Å². The average molecular weight is 454 g/mol. The highest BCUT2D eigenvalue weighted by atomic mass is 32.2. The van der Waals surface area contributed by atoms with E-state index in [0.717, 1.165) is 21.8 Å². The van der Waals surface area contributed by atoms with E-state index in [-0.39, 0.29) is 10.1 Å². The molecule has 1 aromatic heterocycles. The fourth-order valence-electron chi connectivity index (χ4n) is 3.01. The van der Waals surface area contributed by atoms with Gasteiger partial charge in [-0.2, -0.15) is 10.1 Å². The summed E-state index contributed by atoms with van der Waals surface area (Å²) in [5, 5.41) is 4.87. The molecule has 1 aliphatic rings. The zero-order chi connectivity index (χ0) is 22.2. The van der Waals surface area contributed by atoms with Crippen LogP contribution >= 0.6 is 11.8 Å². The first-order valence-corrected chi connectivity index (χ1v) is 11.5. The van der Waals surface area contributed by atoms with Crippen molar-refractivity contribution >= 4 is 38.9 Å². The summed E-state index contributed by atoms with van der Waals surface area (Å²) in [6.07, 6.45) is 3.46. The van der Waals surface area contributed by atoms with E-state index in [1.165, 1.54) is 20.2 Å². The minimum atomic E-state index is -3.61. The summed E-state index contributed by atoms with van der Waals surface area (Å²) in [4.78, 5) is 16.4. The molecule has 0 aliphatic carbocycles. The summed E-state index contributed by atoms with van der Waals surface area (Å²) >= 11 is 1.09. The molecular formula is C21H19N5O3S2. The molecule has 0 saturated heterocycles. The second-order valence-electron chi connectivity index (χ2n) is 6.89. The first kappa shape index (κ1) is 21.0. The maximum Gasteiger partial charge on any atom is 0.286 e. The number of thioether (sulfide) groups is 1. The first-order valence-electron chi connectivity index (χ1n) is 9.22. The minimum Gasteiger partial charge on any atom is -0.378 e. The third kappa shape index (κ3) is 4.18. The molecule has 1 amide bonds. The molecule has 0 fully saturated rings. The van der Waals surface area contributed by atoms with Crippen molar-refractivity contribution in [2.75, 3.05) is 14.1 Å². The smallest absolute Gasteiger partial charge is 0.286 e. The zero-order valence-corrected chi connectivity index (χ0v) is 18.4. The van der Waals surface area contributed by atoms with E-state index in [2.05, 4.69) is 10.1 Å². The van der Waals surface area contributed by atoms with Gasteiger partial charge in [0.1, 0.15) is 5.69 Å². The molecule has 0 saturated carbocycles. The zero-order valence-electron chi connectivity index (χ0n) is 16.8. The maximum absolute atomic E-state index is 12.6. The van der Waals surface area contributed by atoms with E-state index in [0.29, 0.717) is 21.7 Å². The number of benzene rings is 2. The van der Waals surface area contributed by atoms with Crippen LogP contribution in [-0.4, -0.2) is 47.7 Å². The number of hydrogen-bond donors (Lipinski definition) is 1. The predicted octanol–water partition coefficient (Wildman–Crippen LogP) is 2.72. The van der Waals surface area contributed by atoms with Crippen LogP contribution in [0, 0.1) is 0 Å². The van der Waals surface area contributed by atoms with Gasteiger partial charge in [-0.3, -0.25) is 4.79 Å². The van der Waals surface area contributed by atoms with Crippen LogP contribution in [0.3, 0.4) is 0 Å². The monoisotopic (exact) mass is 453 g/mol. The Bertz CT molecular complexity index is 1330. The number of para-hydroxylation sites is 1. The van der Waals surface area contributed by atoms with Gasteiger partial charge in [0.25, 0.3) is 5.91 Å². The number of amides is 1. The van der Waals surface area contributed by atoms with Crippen LogP contribution in [0.5, 0.6) is 0 Å². The van der Waals surface area contributed by atoms with E-state index in [1.54, 1.807) is 35.2 Å². The molecular weight excluding hydrogens is 434 g/mol. The summed E-state index contributed by atoms with van der Waals surface area (Å²) in [7, 11) is -0.651. The second-order valence-corrected chi connectivity index (χ2v) is 10.1. The van der Waals surface area contributed by atoms with Crippen molar-refractivity contribution in [3.63, 3.8) is 0 Å². The molecule has 0 bridgehead atoms. The highest BCUT2D eigenvalue weighted by Gasteiger charge is 2.23. The molecule has 31 heavy (non-hydrogen) atoms. The number of hydrogen-bond acceptors (Lipinski definition) is 6. The SMILES string of the molecule is CN(C)S(=O)(=O)c1cccc(-c2nn(-c3ccccc3)cc2/C=C2\SC(N)=NC2=O)c1. The lowest BCUT2D eigenvalue weighted by molar-refractivity contribution is -0.113. The molecule has 2 aromatic carbocycles. The Labute approximate surface area is 184 Å². The van der Waals surface area contributed by atoms with E-state index < -0.39 is 15.9 Å². The average Bonchev–Trinajstić information content (AvgIpc) is 3.31. The van der Waals surface area contributed by atoms with Gasteiger partial charge in [-0.05, 0) is 42.1 Å². The summed E-state index contributed by atoms with van der Waals surface area (Å²) in [6.45, 7) is 0. The number of nitrogens with zero attached hydrogens (tertiary/aromatic N) is 4. The molecule has 158 valence electrons. The van der Waals surface area contributed by atoms with Gasteiger partial charge in [0, 0.05) is 31.4 Å². The third-order valence-corrected chi connectivity index (χ3v) is 7.20. The molecule has 2 heterocycles. The molecule has 2 N–H and O–H groups in total. The Morgan fingerprint density at radius 3 is 2.48 bits per heavy atom. The Hall–Kier alpha value is -3.21. The first-order chi connectivity index (χ1) is 14.8. The number of rotatable bonds is 5. The van der Waals surface area contributed by atoms with Crippen molar-refractivity contribution in [3.05, 3.63) is 71.3 Å². The Morgan fingerprint density at radius 1 is 1.10 bits per heavy atom. The number of sulfonamides is 1. The standard InChI is InChI=1S/C21H19N5O3S2/c1-25(2)31(28,29)17-10-6-7-14(11-17)19-15(12-18-20(27)23-21(22)30-18)13-26(24-19)16-8-4-3-5-9-16/h3-13H,1-2H3,(H2,22,23,27)/b18-12-. The topological polar surface area (TPSA) is 111 Å². The van der Waals surface area contributed by atoms with Crippen LogP contribution in [0.25, 0.3) is 23.0 Å².